The average Bonchev–Trinajstić information content (AvgIpc) is 3.47. The zero-order chi connectivity index (χ0) is 34.4. The van der Waals surface area contributed by atoms with Crippen LogP contribution in [0.25, 0.3) is 22.2 Å². The Morgan fingerprint density at radius 2 is 1.94 bits per heavy atom. The Bertz CT molecular complexity index is 1760. The van der Waals surface area contributed by atoms with Crippen molar-refractivity contribution >= 4 is 46.2 Å². The third-order valence-electron chi connectivity index (χ3n) is 9.75. The van der Waals surface area contributed by atoms with Crippen molar-refractivity contribution in [3.63, 3.8) is 0 Å². The number of aromatic nitrogens is 3. The van der Waals surface area contributed by atoms with Gasteiger partial charge in [0, 0.05) is 18.9 Å². The van der Waals surface area contributed by atoms with Crippen LogP contribution in [0.5, 0.6) is 0 Å². The van der Waals surface area contributed by atoms with Gasteiger partial charge in [-0.1, -0.05) is 25.0 Å². The fourth-order valence-corrected chi connectivity index (χ4v) is 7.55. The van der Waals surface area contributed by atoms with E-state index in [1.807, 2.05) is 30.5 Å². The van der Waals surface area contributed by atoms with Crippen molar-refractivity contribution in [2.75, 3.05) is 6.54 Å². The van der Waals surface area contributed by atoms with Crippen molar-refractivity contribution < 1.29 is 29.0 Å². The van der Waals surface area contributed by atoms with E-state index in [0.29, 0.717) is 18.4 Å². The van der Waals surface area contributed by atoms with Gasteiger partial charge in [-0.3, -0.25) is 9.59 Å². The van der Waals surface area contributed by atoms with E-state index in [-0.39, 0.29) is 25.3 Å². The number of benzene rings is 1. The first-order valence-corrected chi connectivity index (χ1v) is 17.6. The zero-order valence-corrected chi connectivity index (χ0v) is 28.9. The summed E-state index contributed by atoms with van der Waals surface area (Å²) < 4.78 is 5.49. The van der Waals surface area contributed by atoms with E-state index >= 15 is 0 Å². The maximum Gasteiger partial charge on any atom is 0.408 e. The normalized spacial score (nSPS) is 27.3. The van der Waals surface area contributed by atoms with E-state index in [9.17, 15) is 24.3 Å². The summed E-state index contributed by atoms with van der Waals surface area (Å²) in [5.74, 6) is -2.39. The fraction of sp³-hybridized carbons (Fsp3) is 0.543. The van der Waals surface area contributed by atoms with Gasteiger partial charge < -0.3 is 25.4 Å². The van der Waals surface area contributed by atoms with Crippen molar-refractivity contribution in [2.24, 2.45) is 5.92 Å². The highest BCUT2D eigenvalue weighted by Gasteiger charge is 2.61. The molecule has 1 aromatic carbocycles. The van der Waals surface area contributed by atoms with Crippen molar-refractivity contribution in [2.45, 2.75) is 109 Å². The number of ether oxygens (including phenoxy) is 1. The molecular formula is C35H44N6O6S. The number of allylic oxidation sites excluding steroid dienone is 1. The molecule has 3 aromatic rings. The molecule has 48 heavy (non-hydrogen) atoms. The molecule has 12 nitrogen and oxygen atoms in total. The molecule has 4 heterocycles. The Labute approximate surface area is 283 Å². The third kappa shape index (κ3) is 6.69. The molecule has 0 spiro atoms. The molecule has 0 unspecified atom stereocenters. The van der Waals surface area contributed by atoms with Crippen molar-refractivity contribution in [3.8, 4) is 11.1 Å². The lowest BCUT2D eigenvalue weighted by Crippen LogP contribution is -2.56. The van der Waals surface area contributed by atoms with E-state index in [0.717, 1.165) is 47.0 Å². The molecule has 1 saturated heterocycles. The summed E-state index contributed by atoms with van der Waals surface area (Å²) in [6, 6.07) is 1.71. The van der Waals surface area contributed by atoms with E-state index in [4.69, 9.17) is 14.9 Å². The quantitative estimate of drug-likeness (QED) is 0.315. The summed E-state index contributed by atoms with van der Waals surface area (Å²) in [6.07, 6.45) is 7.08. The Balaban J connectivity index is 1.34. The molecule has 3 N–H and O–H groups in total. The Morgan fingerprint density at radius 1 is 1.15 bits per heavy atom. The van der Waals surface area contributed by atoms with Gasteiger partial charge in [0.25, 0.3) is 0 Å². The van der Waals surface area contributed by atoms with Crippen LogP contribution in [0.4, 0.5) is 4.79 Å². The van der Waals surface area contributed by atoms with Crippen LogP contribution >= 0.6 is 11.3 Å². The number of carboxylic acid groups (broad SMARTS) is 1. The number of hydrogen-bond acceptors (Lipinski definition) is 8. The summed E-state index contributed by atoms with van der Waals surface area (Å²) in [7, 11) is 0. The average molecular weight is 677 g/mol. The summed E-state index contributed by atoms with van der Waals surface area (Å²) in [6.45, 7) is 9.44. The molecule has 1 aliphatic carbocycles. The van der Waals surface area contributed by atoms with Crippen LogP contribution in [0.3, 0.4) is 0 Å². The van der Waals surface area contributed by atoms with E-state index in [2.05, 4.69) is 29.0 Å². The summed E-state index contributed by atoms with van der Waals surface area (Å²) in [4.78, 5) is 56.7. The maximum absolute atomic E-state index is 14.3. The van der Waals surface area contributed by atoms with Crippen molar-refractivity contribution in [1.29, 1.82) is 0 Å². The number of amides is 3. The van der Waals surface area contributed by atoms with Crippen LogP contribution in [0.2, 0.25) is 0 Å². The van der Waals surface area contributed by atoms with Crippen LogP contribution in [-0.4, -0.2) is 78.6 Å². The number of carboxylic acids is 1. The topological polar surface area (TPSA) is 156 Å². The highest BCUT2D eigenvalue weighted by atomic mass is 32.1. The number of nitrogens with zero attached hydrogens (tertiary/aromatic N) is 4. The second-order valence-corrected chi connectivity index (χ2v) is 15.1. The molecule has 2 fully saturated rings. The minimum atomic E-state index is -1.42. The number of fused-ring (bicyclic) bond motifs is 3. The molecular weight excluding hydrogens is 632 g/mol. The number of thiophene rings is 1. The second-order valence-electron chi connectivity index (χ2n) is 14.3. The maximum atomic E-state index is 14.3. The SMILES string of the molecule is Cc1c(-c2ccsc2)cc2nn([C@H]3C[C@H]4C(=O)N[C@@]5(C(=O)O)C[C@H]5/C=C\CCCCC[C@H](NC(=O)OC(C)(C)C)C(=O)N4C3)nc2c1C. The Morgan fingerprint density at radius 3 is 2.65 bits per heavy atom. The number of alkyl carbamates (subject to hydrolysis) is 1. The molecule has 0 bridgehead atoms. The van der Waals surface area contributed by atoms with Crippen molar-refractivity contribution in [1.82, 2.24) is 30.5 Å². The number of rotatable bonds is 4. The monoisotopic (exact) mass is 676 g/mol. The fourth-order valence-electron chi connectivity index (χ4n) is 6.90. The number of nitrogens with one attached hydrogen (secondary N) is 2. The molecule has 256 valence electrons. The molecule has 3 aliphatic rings. The minimum Gasteiger partial charge on any atom is -0.479 e. The lowest BCUT2D eigenvalue weighted by molar-refractivity contribution is -0.145. The Kier molecular flexibility index (Phi) is 9.10. The molecule has 3 amide bonds. The first-order chi connectivity index (χ1) is 22.8. The van der Waals surface area contributed by atoms with Gasteiger partial charge in [0.05, 0.1) is 6.04 Å². The first kappa shape index (κ1) is 33.6. The number of aryl methyl sites for hydroxylation is 1. The largest absolute Gasteiger partial charge is 0.479 e. The van der Waals surface area contributed by atoms with E-state index < -0.39 is 53.1 Å². The lowest BCUT2D eigenvalue weighted by Gasteiger charge is -2.30. The molecule has 13 heteroatoms. The van der Waals surface area contributed by atoms with Crippen LogP contribution < -0.4 is 10.6 Å². The zero-order valence-electron chi connectivity index (χ0n) is 28.1. The summed E-state index contributed by atoms with van der Waals surface area (Å²) >= 11 is 1.62. The minimum absolute atomic E-state index is 0.114. The van der Waals surface area contributed by atoms with Crippen molar-refractivity contribution in [3.05, 3.63) is 46.2 Å². The smallest absolute Gasteiger partial charge is 0.408 e. The predicted molar refractivity (Wildman–Crippen MR) is 181 cm³/mol. The molecule has 5 atom stereocenters. The standard InChI is InChI=1S/C35H44N6O6S/c1-20-21(2)29-27(16-25(20)22-13-14-48-19-22)38-41(39-29)24-15-28-30(42)37-35(32(44)45)17-23(35)11-9-7-6-8-10-12-26(31(43)40(28)18-24)36-33(46)47-34(3,4)5/h9,11,13-14,16,19,23-24,26,28H,6-8,10,12,15,17-18H2,1-5H3,(H,36,46)(H,37,42)(H,44,45)/b11-9-/t23-,24+,26+,28+,35+/m1/s1. The number of carbonyl (C=O) groups is 4. The summed E-state index contributed by atoms with van der Waals surface area (Å²) in [5.41, 5.74) is 3.55. The van der Waals surface area contributed by atoms with Crippen LogP contribution in [0.15, 0.2) is 35.0 Å². The first-order valence-electron chi connectivity index (χ1n) is 16.7. The van der Waals surface area contributed by atoms with Gasteiger partial charge in [-0.15, -0.1) is 0 Å². The molecule has 6 rings (SSSR count). The van der Waals surface area contributed by atoms with Gasteiger partial charge in [-0.25, -0.2) is 9.59 Å². The number of carbonyl (C=O) groups excluding carboxylic acids is 3. The highest BCUT2D eigenvalue weighted by molar-refractivity contribution is 7.08. The van der Waals surface area contributed by atoms with Gasteiger partial charge in [0.2, 0.25) is 11.8 Å². The van der Waals surface area contributed by atoms with Gasteiger partial charge in [0.15, 0.2) is 0 Å². The van der Waals surface area contributed by atoms with Gasteiger partial charge in [-0.2, -0.15) is 26.3 Å². The van der Waals surface area contributed by atoms with Crippen LogP contribution in [0, 0.1) is 19.8 Å². The van der Waals surface area contributed by atoms with E-state index in [1.165, 1.54) is 4.90 Å². The third-order valence-corrected chi connectivity index (χ3v) is 10.4. The van der Waals surface area contributed by atoms with E-state index in [1.54, 1.807) is 36.9 Å². The molecule has 0 radical (unpaired) electrons. The number of aliphatic carboxylic acids is 1. The second kappa shape index (κ2) is 13.0. The van der Waals surface area contributed by atoms with Crippen LogP contribution in [0.1, 0.15) is 82.9 Å². The molecule has 2 aliphatic heterocycles. The Hall–Kier alpha value is -4.26. The summed E-state index contributed by atoms with van der Waals surface area (Å²) in [5, 5.41) is 29.6. The van der Waals surface area contributed by atoms with Gasteiger partial charge in [0.1, 0.15) is 34.3 Å². The van der Waals surface area contributed by atoms with Crippen LogP contribution in [-0.2, 0) is 19.1 Å². The predicted octanol–water partition coefficient (Wildman–Crippen LogP) is 5.29. The highest BCUT2D eigenvalue weighted by Crippen LogP contribution is 2.45. The number of hydrogen-bond donors (Lipinski definition) is 3. The molecule has 1 saturated carbocycles. The lowest BCUT2D eigenvalue weighted by atomic mass is 9.98. The molecule has 2 aromatic heterocycles. The van der Waals surface area contributed by atoms with Gasteiger partial charge >= 0.3 is 12.1 Å². The van der Waals surface area contributed by atoms with Gasteiger partial charge in [-0.05, 0) is 105 Å².